The Hall–Kier alpha value is -3.20. The van der Waals surface area contributed by atoms with Crippen molar-refractivity contribution in [2.24, 2.45) is 14.1 Å². The Bertz CT molecular complexity index is 1140. The van der Waals surface area contributed by atoms with Crippen LogP contribution in [0.2, 0.25) is 0 Å². The molecule has 0 bridgehead atoms. The summed E-state index contributed by atoms with van der Waals surface area (Å²) in [6.07, 6.45) is 2.83. The average molecular weight is 514 g/mol. The van der Waals surface area contributed by atoms with Crippen molar-refractivity contribution in [2.75, 3.05) is 57.0 Å². The Morgan fingerprint density at radius 2 is 1.49 bits per heavy atom. The van der Waals surface area contributed by atoms with Crippen molar-refractivity contribution in [3.63, 3.8) is 0 Å². The van der Waals surface area contributed by atoms with Gasteiger partial charge in [-0.05, 0) is 12.1 Å². The van der Waals surface area contributed by atoms with E-state index < -0.39 is 27.7 Å². The topological polar surface area (TPSA) is 159 Å². The molecular weight excluding hydrogens is 482 g/mol. The maximum Gasteiger partial charge on any atom is 0.272 e. The number of anilines is 2. The van der Waals surface area contributed by atoms with Gasteiger partial charge < -0.3 is 34.6 Å². The molecule has 0 saturated carbocycles. The number of rotatable bonds is 14. The summed E-state index contributed by atoms with van der Waals surface area (Å²) in [5, 5.41) is 8.01. The van der Waals surface area contributed by atoms with Crippen LogP contribution in [-0.4, -0.2) is 81.6 Å². The second-order valence-corrected chi connectivity index (χ2v) is 9.35. The van der Waals surface area contributed by atoms with Crippen LogP contribution in [0.25, 0.3) is 0 Å². The van der Waals surface area contributed by atoms with Crippen LogP contribution < -0.4 is 16.0 Å². The number of hydrogen-bond acceptors (Lipinski definition) is 8. The SMILES string of the molecule is COCCOCCNC(=O)c1cc(NC(=O)c2cc(NC(=O)CCS(=O)(=O)OC)cn2C)cn1C. The number of hydrogen-bond donors (Lipinski definition) is 3. The van der Waals surface area contributed by atoms with Crippen molar-refractivity contribution >= 4 is 39.2 Å². The zero-order chi connectivity index (χ0) is 26.0. The number of nitrogens with one attached hydrogen (secondary N) is 3. The molecule has 0 spiro atoms. The van der Waals surface area contributed by atoms with Gasteiger partial charge in [0.1, 0.15) is 11.4 Å². The molecule has 2 rings (SSSR count). The van der Waals surface area contributed by atoms with Gasteiger partial charge in [-0.25, -0.2) is 0 Å². The quantitative estimate of drug-likeness (QED) is 0.240. The molecule has 0 aromatic carbocycles. The van der Waals surface area contributed by atoms with E-state index >= 15 is 0 Å². The second-order valence-electron chi connectivity index (χ2n) is 7.49. The number of amides is 3. The number of ether oxygens (including phenoxy) is 2. The Labute approximate surface area is 203 Å². The van der Waals surface area contributed by atoms with Crippen LogP contribution in [0.4, 0.5) is 11.4 Å². The summed E-state index contributed by atoms with van der Waals surface area (Å²) in [5.41, 5.74) is 1.34. The molecule has 3 amide bonds. The normalized spacial score (nSPS) is 11.3. The highest BCUT2D eigenvalue weighted by Gasteiger charge is 2.18. The van der Waals surface area contributed by atoms with Crippen LogP contribution in [0.3, 0.4) is 0 Å². The minimum atomic E-state index is -3.75. The first-order valence-corrected chi connectivity index (χ1v) is 12.2. The van der Waals surface area contributed by atoms with Gasteiger partial charge in [0.15, 0.2) is 0 Å². The van der Waals surface area contributed by atoms with E-state index in [0.29, 0.717) is 43.4 Å². The first-order valence-electron chi connectivity index (χ1n) is 10.6. The minimum absolute atomic E-state index is 0.243. The van der Waals surface area contributed by atoms with Crippen LogP contribution in [0.15, 0.2) is 24.5 Å². The van der Waals surface area contributed by atoms with Gasteiger partial charge in [0.05, 0.1) is 44.1 Å². The van der Waals surface area contributed by atoms with E-state index in [4.69, 9.17) is 9.47 Å². The number of nitrogens with zero attached hydrogens (tertiary/aromatic N) is 2. The van der Waals surface area contributed by atoms with Gasteiger partial charge in [0, 0.05) is 46.6 Å². The molecule has 35 heavy (non-hydrogen) atoms. The lowest BCUT2D eigenvalue weighted by atomic mass is 10.3. The molecule has 194 valence electrons. The molecule has 13 nitrogen and oxygen atoms in total. The molecule has 0 radical (unpaired) electrons. The third-order valence-corrected chi connectivity index (χ3v) is 6.03. The molecule has 0 aliphatic carbocycles. The van der Waals surface area contributed by atoms with Gasteiger partial charge >= 0.3 is 0 Å². The summed E-state index contributed by atoms with van der Waals surface area (Å²) in [5.74, 6) is -1.77. The van der Waals surface area contributed by atoms with Gasteiger partial charge in [-0.3, -0.25) is 18.6 Å². The number of aromatic nitrogens is 2. The van der Waals surface area contributed by atoms with Gasteiger partial charge in [0.2, 0.25) is 5.91 Å². The molecule has 0 fully saturated rings. The first-order chi connectivity index (χ1) is 16.6. The molecule has 2 heterocycles. The molecular formula is C21H31N5O8S. The van der Waals surface area contributed by atoms with Crippen LogP contribution in [-0.2, 0) is 42.7 Å². The fraction of sp³-hybridized carbons (Fsp3) is 0.476. The molecule has 0 saturated heterocycles. The summed E-state index contributed by atoms with van der Waals surface area (Å²) in [6.45, 7) is 1.58. The van der Waals surface area contributed by atoms with Crippen molar-refractivity contribution in [1.82, 2.24) is 14.5 Å². The van der Waals surface area contributed by atoms with E-state index in [1.54, 1.807) is 38.0 Å². The largest absolute Gasteiger partial charge is 0.382 e. The molecule has 0 aliphatic rings. The fourth-order valence-electron chi connectivity index (χ4n) is 3.01. The van der Waals surface area contributed by atoms with E-state index in [2.05, 4.69) is 20.1 Å². The fourth-order valence-corrected chi connectivity index (χ4v) is 3.61. The number of carbonyl (C=O) groups excluding carboxylic acids is 3. The first kappa shape index (κ1) is 28.0. The predicted molar refractivity (Wildman–Crippen MR) is 128 cm³/mol. The molecule has 0 atom stereocenters. The Morgan fingerprint density at radius 3 is 2.09 bits per heavy atom. The second kappa shape index (κ2) is 13.0. The monoisotopic (exact) mass is 513 g/mol. The predicted octanol–water partition coefficient (Wildman–Crippen LogP) is 0.314. The minimum Gasteiger partial charge on any atom is -0.382 e. The van der Waals surface area contributed by atoms with Crippen molar-refractivity contribution < 1.29 is 36.5 Å². The maximum atomic E-state index is 12.7. The third kappa shape index (κ3) is 8.83. The van der Waals surface area contributed by atoms with Crippen LogP contribution in [0.1, 0.15) is 27.4 Å². The van der Waals surface area contributed by atoms with Gasteiger partial charge in [-0.2, -0.15) is 8.42 Å². The molecule has 2 aromatic heterocycles. The van der Waals surface area contributed by atoms with Crippen LogP contribution >= 0.6 is 0 Å². The van der Waals surface area contributed by atoms with Crippen LogP contribution in [0, 0.1) is 0 Å². The van der Waals surface area contributed by atoms with E-state index in [1.165, 1.54) is 16.8 Å². The lowest BCUT2D eigenvalue weighted by molar-refractivity contribution is -0.115. The van der Waals surface area contributed by atoms with Crippen molar-refractivity contribution in [3.8, 4) is 0 Å². The third-order valence-electron chi connectivity index (χ3n) is 4.81. The summed E-state index contributed by atoms with van der Waals surface area (Å²) < 4.78 is 40.3. The zero-order valence-corrected chi connectivity index (χ0v) is 20.9. The summed E-state index contributed by atoms with van der Waals surface area (Å²) in [4.78, 5) is 37.2. The van der Waals surface area contributed by atoms with E-state index in [1.807, 2.05) is 0 Å². The number of methoxy groups -OCH3 is 1. The number of aryl methyl sites for hydroxylation is 2. The molecule has 3 N–H and O–H groups in total. The van der Waals surface area contributed by atoms with Crippen molar-refractivity contribution in [3.05, 3.63) is 35.9 Å². The van der Waals surface area contributed by atoms with Crippen LogP contribution in [0.5, 0.6) is 0 Å². The molecule has 14 heteroatoms. The Morgan fingerprint density at radius 1 is 0.886 bits per heavy atom. The highest BCUT2D eigenvalue weighted by atomic mass is 32.2. The van der Waals surface area contributed by atoms with Crippen molar-refractivity contribution in [1.29, 1.82) is 0 Å². The maximum absolute atomic E-state index is 12.7. The summed E-state index contributed by atoms with van der Waals surface area (Å²) in [6, 6.07) is 3.00. The Balaban J connectivity index is 1.93. The van der Waals surface area contributed by atoms with Crippen molar-refractivity contribution in [2.45, 2.75) is 6.42 Å². The smallest absolute Gasteiger partial charge is 0.272 e. The highest BCUT2D eigenvalue weighted by molar-refractivity contribution is 7.86. The summed E-state index contributed by atoms with van der Waals surface area (Å²) in [7, 11) is 2.16. The van der Waals surface area contributed by atoms with Gasteiger partial charge in [0.25, 0.3) is 21.9 Å². The average Bonchev–Trinajstić information content (AvgIpc) is 3.36. The molecule has 2 aromatic rings. The highest BCUT2D eigenvalue weighted by Crippen LogP contribution is 2.17. The van der Waals surface area contributed by atoms with E-state index in [0.717, 1.165) is 7.11 Å². The summed E-state index contributed by atoms with van der Waals surface area (Å²) >= 11 is 0. The van der Waals surface area contributed by atoms with E-state index in [-0.39, 0.29) is 18.0 Å². The lowest BCUT2D eigenvalue weighted by Crippen LogP contribution is -2.29. The van der Waals surface area contributed by atoms with Gasteiger partial charge in [-0.15, -0.1) is 0 Å². The standard InChI is InChI=1S/C21H31N5O8S/c1-25-14-16(12-17(25)20(28)22-6-7-34-9-8-32-3)24-21(29)18-11-15(13-26(18)2)23-19(27)5-10-35(30,31)33-4/h11-14H,5-10H2,1-4H3,(H,22,28)(H,23,27)(H,24,29). The molecule has 0 aliphatic heterocycles. The molecule has 0 unspecified atom stereocenters. The van der Waals surface area contributed by atoms with E-state index in [9.17, 15) is 22.8 Å². The number of carbonyl (C=O) groups is 3. The van der Waals surface area contributed by atoms with Gasteiger partial charge in [-0.1, -0.05) is 0 Å². The lowest BCUT2D eigenvalue weighted by Gasteiger charge is -2.06. The Kier molecular flexibility index (Phi) is 10.4. The zero-order valence-electron chi connectivity index (χ0n) is 20.1.